The number of hydrogen-bond acceptors (Lipinski definition) is 1. The van der Waals surface area contributed by atoms with Crippen LogP contribution in [0.5, 0.6) is 0 Å². The summed E-state index contributed by atoms with van der Waals surface area (Å²) in [5, 5.41) is 0. The van der Waals surface area contributed by atoms with E-state index in [1.807, 2.05) is 0 Å². The van der Waals surface area contributed by atoms with Crippen molar-refractivity contribution in [3.63, 3.8) is 0 Å². The lowest BCUT2D eigenvalue weighted by Crippen LogP contribution is -2.39. The van der Waals surface area contributed by atoms with Gasteiger partial charge in [0.05, 0.1) is 0 Å². The fourth-order valence-corrected chi connectivity index (χ4v) is 3.43. The van der Waals surface area contributed by atoms with Crippen LogP contribution in [0.4, 0.5) is 0 Å². The molecule has 1 nitrogen and oxygen atoms in total. The van der Waals surface area contributed by atoms with Gasteiger partial charge in [0.25, 0.3) is 0 Å². The Morgan fingerprint density at radius 1 is 1.36 bits per heavy atom. The van der Waals surface area contributed by atoms with Crippen molar-refractivity contribution in [2.45, 2.75) is 39.5 Å². The van der Waals surface area contributed by atoms with Crippen LogP contribution in [-0.2, 0) is 0 Å². The molecule has 2 rings (SSSR count). The predicted octanol–water partition coefficient (Wildman–Crippen LogP) is 2.16. The Morgan fingerprint density at radius 3 is 2.36 bits per heavy atom. The first-order chi connectivity index (χ1) is 5.10. The van der Waals surface area contributed by atoms with Gasteiger partial charge in [0, 0.05) is 0 Å². The largest absolute Gasteiger partial charge is 0.330 e. The average Bonchev–Trinajstić information content (AvgIpc) is 2.41. The number of rotatable bonds is 1. The van der Waals surface area contributed by atoms with Crippen LogP contribution in [0.25, 0.3) is 0 Å². The topological polar surface area (TPSA) is 26.0 Å². The van der Waals surface area contributed by atoms with Gasteiger partial charge in [-0.2, -0.15) is 0 Å². The summed E-state index contributed by atoms with van der Waals surface area (Å²) < 4.78 is 0. The summed E-state index contributed by atoms with van der Waals surface area (Å²) in [6.45, 7) is 5.72. The molecule has 2 aliphatic rings. The van der Waals surface area contributed by atoms with Gasteiger partial charge in [0.15, 0.2) is 0 Å². The summed E-state index contributed by atoms with van der Waals surface area (Å²) in [7, 11) is 0. The highest BCUT2D eigenvalue weighted by Gasteiger charge is 2.55. The van der Waals surface area contributed by atoms with Gasteiger partial charge in [-0.3, -0.25) is 0 Å². The van der Waals surface area contributed by atoms with Gasteiger partial charge in [0.1, 0.15) is 0 Å². The highest BCUT2D eigenvalue weighted by Crippen LogP contribution is 2.63. The summed E-state index contributed by atoms with van der Waals surface area (Å²) in [5.74, 6) is 1.01. The first-order valence-electron chi connectivity index (χ1n) is 4.80. The Hall–Kier alpha value is -0.0400. The molecule has 0 aliphatic heterocycles. The van der Waals surface area contributed by atoms with Crippen molar-refractivity contribution in [1.29, 1.82) is 0 Å². The average molecular weight is 153 g/mol. The molecule has 2 unspecified atom stereocenters. The third kappa shape index (κ3) is 0.807. The second kappa shape index (κ2) is 2.01. The molecule has 2 bridgehead atoms. The molecule has 2 saturated carbocycles. The van der Waals surface area contributed by atoms with Crippen LogP contribution in [0.3, 0.4) is 0 Å². The van der Waals surface area contributed by atoms with Gasteiger partial charge in [-0.25, -0.2) is 0 Å². The van der Waals surface area contributed by atoms with Crippen LogP contribution < -0.4 is 5.73 Å². The van der Waals surface area contributed by atoms with Crippen LogP contribution in [0.1, 0.15) is 39.5 Å². The quantitative estimate of drug-likeness (QED) is 0.614. The maximum absolute atomic E-state index is 5.88. The minimum absolute atomic E-state index is 0.525. The van der Waals surface area contributed by atoms with Crippen molar-refractivity contribution in [2.75, 3.05) is 6.54 Å². The van der Waals surface area contributed by atoms with E-state index >= 15 is 0 Å². The van der Waals surface area contributed by atoms with E-state index in [2.05, 4.69) is 13.8 Å². The van der Waals surface area contributed by atoms with Crippen LogP contribution in [0, 0.1) is 16.7 Å². The molecule has 0 aromatic rings. The maximum Gasteiger partial charge on any atom is -0.00153 e. The van der Waals surface area contributed by atoms with Gasteiger partial charge in [-0.1, -0.05) is 13.8 Å². The standard InChI is InChI=1S/C10H19N/c1-9(2)5-8-3-4-10(9,6-8)7-11/h8H,3-7,11H2,1-2H3. The minimum Gasteiger partial charge on any atom is -0.330 e. The van der Waals surface area contributed by atoms with E-state index in [9.17, 15) is 0 Å². The van der Waals surface area contributed by atoms with Gasteiger partial charge < -0.3 is 5.73 Å². The molecule has 0 heterocycles. The molecule has 64 valence electrons. The highest BCUT2D eigenvalue weighted by molar-refractivity contribution is 5.06. The molecule has 2 aliphatic carbocycles. The Morgan fingerprint density at radius 2 is 2.09 bits per heavy atom. The Labute approximate surface area is 69.4 Å². The van der Waals surface area contributed by atoms with Crippen molar-refractivity contribution in [3.05, 3.63) is 0 Å². The molecule has 0 aromatic heterocycles. The highest BCUT2D eigenvalue weighted by atomic mass is 14.7. The molecule has 0 saturated heterocycles. The van der Waals surface area contributed by atoms with E-state index < -0.39 is 0 Å². The molecule has 0 spiro atoms. The van der Waals surface area contributed by atoms with E-state index in [1.54, 1.807) is 0 Å². The number of fused-ring (bicyclic) bond motifs is 2. The van der Waals surface area contributed by atoms with E-state index in [4.69, 9.17) is 5.73 Å². The monoisotopic (exact) mass is 153 g/mol. The zero-order valence-corrected chi connectivity index (χ0v) is 7.69. The van der Waals surface area contributed by atoms with Gasteiger partial charge in [-0.05, 0) is 49.0 Å². The smallest absolute Gasteiger partial charge is 0.00153 e. The molecule has 2 atom stereocenters. The fourth-order valence-electron chi connectivity index (χ4n) is 3.43. The molecular formula is C10H19N. The molecular weight excluding hydrogens is 134 g/mol. The van der Waals surface area contributed by atoms with Crippen LogP contribution in [0.2, 0.25) is 0 Å². The summed E-state index contributed by atoms with van der Waals surface area (Å²) in [5.41, 5.74) is 6.94. The summed E-state index contributed by atoms with van der Waals surface area (Å²) in [4.78, 5) is 0. The van der Waals surface area contributed by atoms with Crippen molar-refractivity contribution >= 4 is 0 Å². The zero-order chi connectivity index (χ0) is 8.11. The molecule has 2 fully saturated rings. The van der Waals surface area contributed by atoms with E-state index in [0.717, 1.165) is 12.5 Å². The minimum atomic E-state index is 0.525. The van der Waals surface area contributed by atoms with E-state index in [-0.39, 0.29) is 0 Å². The van der Waals surface area contributed by atoms with Crippen molar-refractivity contribution in [1.82, 2.24) is 0 Å². The number of nitrogens with two attached hydrogens (primary N) is 1. The van der Waals surface area contributed by atoms with Crippen LogP contribution in [-0.4, -0.2) is 6.54 Å². The Kier molecular flexibility index (Phi) is 1.39. The van der Waals surface area contributed by atoms with Gasteiger partial charge in [-0.15, -0.1) is 0 Å². The molecule has 0 amide bonds. The lowest BCUT2D eigenvalue weighted by Gasteiger charge is -2.41. The SMILES string of the molecule is CC1(C)CC2CCC1(CN)C2. The summed E-state index contributed by atoms with van der Waals surface area (Å²) >= 11 is 0. The molecule has 1 heteroatoms. The predicted molar refractivity (Wildman–Crippen MR) is 47.2 cm³/mol. The van der Waals surface area contributed by atoms with E-state index in [0.29, 0.717) is 10.8 Å². The maximum atomic E-state index is 5.88. The second-order valence-electron chi connectivity index (χ2n) is 5.18. The number of hydrogen-bond donors (Lipinski definition) is 1. The Balaban J connectivity index is 2.29. The summed E-state index contributed by atoms with van der Waals surface area (Å²) in [6.07, 6.45) is 5.67. The second-order valence-corrected chi connectivity index (χ2v) is 5.18. The third-order valence-electron chi connectivity index (χ3n) is 4.34. The first-order valence-corrected chi connectivity index (χ1v) is 4.80. The van der Waals surface area contributed by atoms with E-state index in [1.165, 1.54) is 25.7 Å². The third-order valence-corrected chi connectivity index (χ3v) is 4.34. The van der Waals surface area contributed by atoms with Crippen LogP contribution >= 0.6 is 0 Å². The lowest BCUT2D eigenvalue weighted by molar-refractivity contribution is 0.101. The van der Waals surface area contributed by atoms with Crippen LogP contribution in [0.15, 0.2) is 0 Å². The molecule has 0 aromatic carbocycles. The molecule has 11 heavy (non-hydrogen) atoms. The Bertz CT molecular complexity index is 174. The molecule has 0 radical (unpaired) electrons. The van der Waals surface area contributed by atoms with Gasteiger partial charge in [0.2, 0.25) is 0 Å². The van der Waals surface area contributed by atoms with Crippen molar-refractivity contribution < 1.29 is 0 Å². The van der Waals surface area contributed by atoms with Crippen molar-refractivity contribution in [3.8, 4) is 0 Å². The van der Waals surface area contributed by atoms with Gasteiger partial charge >= 0.3 is 0 Å². The summed E-state index contributed by atoms with van der Waals surface area (Å²) in [6, 6.07) is 0. The van der Waals surface area contributed by atoms with Crippen molar-refractivity contribution in [2.24, 2.45) is 22.5 Å². The molecule has 2 N–H and O–H groups in total. The normalized spacial score (nSPS) is 46.6. The fraction of sp³-hybridized carbons (Fsp3) is 1.00. The first kappa shape index (κ1) is 7.60. The zero-order valence-electron chi connectivity index (χ0n) is 7.69. The lowest BCUT2D eigenvalue weighted by atomic mass is 9.65.